The van der Waals surface area contributed by atoms with E-state index >= 15 is 0 Å². The lowest BCUT2D eigenvalue weighted by atomic mass is 10.1. The summed E-state index contributed by atoms with van der Waals surface area (Å²) in [5.74, 6) is -0.0500. The van der Waals surface area contributed by atoms with Crippen molar-refractivity contribution >= 4 is 33.2 Å². The topological polar surface area (TPSA) is 41.1 Å². The van der Waals surface area contributed by atoms with Crippen molar-refractivity contribution in [1.82, 2.24) is 0 Å². The zero-order valence-electron chi connectivity index (χ0n) is 12.5. The summed E-state index contributed by atoms with van der Waals surface area (Å²) in [6.07, 6.45) is 0. The zero-order valence-corrected chi connectivity index (χ0v) is 14.0. The molecule has 0 unspecified atom stereocenters. The van der Waals surface area contributed by atoms with E-state index in [0.29, 0.717) is 0 Å². The molecule has 2 N–H and O–H groups in total. The minimum Gasteiger partial charge on any atom is -0.376 e. The first-order chi connectivity index (χ1) is 9.97. The van der Waals surface area contributed by atoms with E-state index in [2.05, 4.69) is 26.6 Å². The van der Waals surface area contributed by atoms with Crippen LogP contribution in [0.15, 0.2) is 40.9 Å². The number of amides is 1. The van der Waals surface area contributed by atoms with Crippen LogP contribution in [-0.4, -0.2) is 12.5 Å². The van der Waals surface area contributed by atoms with Crippen LogP contribution in [-0.2, 0) is 4.79 Å². The highest BCUT2D eigenvalue weighted by atomic mass is 79.9. The van der Waals surface area contributed by atoms with Crippen LogP contribution in [0.1, 0.15) is 16.7 Å². The van der Waals surface area contributed by atoms with E-state index in [0.717, 1.165) is 27.0 Å². The molecular weight excluding hydrogens is 328 g/mol. The van der Waals surface area contributed by atoms with Gasteiger partial charge in [0.25, 0.3) is 0 Å². The number of halogens is 1. The van der Waals surface area contributed by atoms with Crippen LogP contribution in [0.3, 0.4) is 0 Å². The molecule has 0 saturated heterocycles. The first kappa shape index (κ1) is 15.6. The molecule has 2 rings (SSSR count). The maximum atomic E-state index is 12.0. The second-order valence-electron chi connectivity index (χ2n) is 5.11. The molecule has 0 atom stereocenters. The van der Waals surface area contributed by atoms with Crippen LogP contribution in [0.2, 0.25) is 0 Å². The fourth-order valence-corrected chi connectivity index (χ4v) is 2.56. The number of benzene rings is 2. The van der Waals surface area contributed by atoms with Gasteiger partial charge in [0.1, 0.15) is 0 Å². The highest BCUT2D eigenvalue weighted by Crippen LogP contribution is 2.20. The molecule has 0 aliphatic carbocycles. The lowest BCUT2D eigenvalue weighted by Gasteiger charge is -2.12. The fraction of sp³-hybridized carbons (Fsp3) is 0.235. The van der Waals surface area contributed by atoms with Crippen molar-refractivity contribution in [3.05, 3.63) is 57.6 Å². The van der Waals surface area contributed by atoms with Crippen molar-refractivity contribution < 1.29 is 4.79 Å². The van der Waals surface area contributed by atoms with Crippen LogP contribution in [0.5, 0.6) is 0 Å². The molecule has 0 fully saturated rings. The summed E-state index contributed by atoms with van der Waals surface area (Å²) < 4.78 is 1.03. The van der Waals surface area contributed by atoms with E-state index in [1.54, 1.807) is 0 Å². The number of carbonyl (C=O) groups excluding carboxylic acids is 1. The van der Waals surface area contributed by atoms with Gasteiger partial charge in [-0.05, 0) is 61.7 Å². The molecule has 0 aliphatic rings. The van der Waals surface area contributed by atoms with E-state index in [-0.39, 0.29) is 12.5 Å². The number of hydrogen-bond acceptors (Lipinski definition) is 2. The predicted molar refractivity (Wildman–Crippen MR) is 91.9 cm³/mol. The summed E-state index contributed by atoms with van der Waals surface area (Å²) in [6, 6.07) is 11.8. The Labute approximate surface area is 133 Å². The monoisotopic (exact) mass is 346 g/mol. The third-order valence-electron chi connectivity index (χ3n) is 3.51. The molecule has 2 aromatic carbocycles. The van der Waals surface area contributed by atoms with E-state index < -0.39 is 0 Å². The average Bonchev–Trinajstić information content (AvgIpc) is 2.43. The molecule has 1 amide bonds. The SMILES string of the molecule is Cc1cc(Br)ccc1NCC(=O)Nc1cccc(C)c1C. The van der Waals surface area contributed by atoms with Crippen LogP contribution < -0.4 is 10.6 Å². The Hall–Kier alpha value is -1.81. The summed E-state index contributed by atoms with van der Waals surface area (Å²) in [7, 11) is 0. The summed E-state index contributed by atoms with van der Waals surface area (Å²) >= 11 is 3.43. The number of nitrogens with one attached hydrogen (secondary N) is 2. The van der Waals surface area contributed by atoms with E-state index in [1.165, 1.54) is 5.56 Å². The van der Waals surface area contributed by atoms with E-state index in [4.69, 9.17) is 0 Å². The van der Waals surface area contributed by atoms with Gasteiger partial charge in [-0.25, -0.2) is 0 Å². The van der Waals surface area contributed by atoms with Gasteiger partial charge in [0, 0.05) is 15.8 Å². The molecule has 0 spiro atoms. The molecule has 110 valence electrons. The summed E-state index contributed by atoms with van der Waals surface area (Å²) in [5, 5.41) is 6.10. The van der Waals surface area contributed by atoms with Crippen molar-refractivity contribution in [3.8, 4) is 0 Å². The molecule has 0 heterocycles. The first-order valence-corrected chi connectivity index (χ1v) is 7.63. The number of rotatable bonds is 4. The maximum absolute atomic E-state index is 12.0. The molecule has 3 nitrogen and oxygen atoms in total. The lowest BCUT2D eigenvalue weighted by molar-refractivity contribution is -0.114. The molecule has 4 heteroatoms. The summed E-state index contributed by atoms with van der Waals surface area (Å²) in [4.78, 5) is 12.0. The Morgan fingerprint density at radius 2 is 1.81 bits per heavy atom. The molecule has 0 bridgehead atoms. The minimum atomic E-state index is -0.0500. The number of anilines is 2. The zero-order chi connectivity index (χ0) is 15.4. The second-order valence-corrected chi connectivity index (χ2v) is 6.02. The lowest BCUT2D eigenvalue weighted by Crippen LogP contribution is -2.22. The molecule has 0 aliphatic heterocycles. The third kappa shape index (κ3) is 4.08. The van der Waals surface area contributed by atoms with Crippen molar-refractivity contribution in [2.45, 2.75) is 20.8 Å². The van der Waals surface area contributed by atoms with Gasteiger partial charge >= 0.3 is 0 Å². The quantitative estimate of drug-likeness (QED) is 0.859. The van der Waals surface area contributed by atoms with Crippen LogP contribution in [0.25, 0.3) is 0 Å². The molecule has 0 radical (unpaired) electrons. The van der Waals surface area contributed by atoms with Gasteiger partial charge in [0.2, 0.25) is 5.91 Å². The number of hydrogen-bond donors (Lipinski definition) is 2. The molecule has 2 aromatic rings. The summed E-state index contributed by atoms with van der Waals surface area (Å²) in [6.45, 7) is 6.30. The standard InChI is InChI=1S/C17H19BrN2O/c1-11-5-4-6-16(13(11)3)20-17(21)10-19-15-8-7-14(18)9-12(15)2/h4-9,19H,10H2,1-3H3,(H,20,21). The molecule has 0 aromatic heterocycles. The predicted octanol–water partition coefficient (Wildman–Crippen LogP) is 4.42. The molecule has 0 saturated carbocycles. The van der Waals surface area contributed by atoms with Crippen LogP contribution in [0.4, 0.5) is 11.4 Å². The van der Waals surface area contributed by atoms with Crippen LogP contribution >= 0.6 is 15.9 Å². The van der Waals surface area contributed by atoms with Gasteiger partial charge in [0.05, 0.1) is 6.54 Å². The van der Waals surface area contributed by atoms with Gasteiger partial charge in [-0.15, -0.1) is 0 Å². The minimum absolute atomic E-state index is 0.0500. The van der Waals surface area contributed by atoms with Crippen molar-refractivity contribution in [2.75, 3.05) is 17.2 Å². The van der Waals surface area contributed by atoms with Crippen molar-refractivity contribution in [3.63, 3.8) is 0 Å². The van der Waals surface area contributed by atoms with Gasteiger partial charge in [-0.1, -0.05) is 28.1 Å². The van der Waals surface area contributed by atoms with Gasteiger partial charge in [0.15, 0.2) is 0 Å². The number of carbonyl (C=O) groups is 1. The average molecular weight is 347 g/mol. The van der Waals surface area contributed by atoms with E-state index in [9.17, 15) is 4.79 Å². The first-order valence-electron chi connectivity index (χ1n) is 6.83. The normalized spacial score (nSPS) is 10.3. The van der Waals surface area contributed by atoms with Crippen LogP contribution in [0, 0.1) is 20.8 Å². The Morgan fingerprint density at radius 1 is 1.05 bits per heavy atom. The molecule has 21 heavy (non-hydrogen) atoms. The Kier molecular flexibility index (Phi) is 5.02. The highest BCUT2D eigenvalue weighted by Gasteiger charge is 2.06. The largest absolute Gasteiger partial charge is 0.376 e. The Balaban J connectivity index is 1.97. The van der Waals surface area contributed by atoms with Crippen molar-refractivity contribution in [2.24, 2.45) is 0 Å². The Morgan fingerprint density at radius 3 is 2.52 bits per heavy atom. The smallest absolute Gasteiger partial charge is 0.243 e. The van der Waals surface area contributed by atoms with Gasteiger partial charge < -0.3 is 10.6 Å². The molecular formula is C17H19BrN2O. The number of aryl methyl sites for hydroxylation is 2. The van der Waals surface area contributed by atoms with Crippen molar-refractivity contribution in [1.29, 1.82) is 0 Å². The fourth-order valence-electron chi connectivity index (χ4n) is 2.08. The van der Waals surface area contributed by atoms with Gasteiger partial charge in [-0.2, -0.15) is 0 Å². The Bertz CT molecular complexity index is 668. The summed E-state index contributed by atoms with van der Waals surface area (Å²) in [5.41, 5.74) is 5.21. The van der Waals surface area contributed by atoms with E-state index in [1.807, 2.05) is 57.2 Å². The maximum Gasteiger partial charge on any atom is 0.243 e. The van der Waals surface area contributed by atoms with Gasteiger partial charge in [-0.3, -0.25) is 4.79 Å². The second kappa shape index (κ2) is 6.76. The highest BCUT2D eigenvalue weighted by molar-refractivity contribution is 9.10. The third-order valence-corrected chi connectivity index (χ3v) is 4.00.